The minimum absolute atomic E-state index is 0.571. The third-order valence-electron chi connectivity index (χ3n) is 4.59. The predicted octanol–water partition coefficient (Wildman–Crippen LogP) is 0.555. The van der Waals surface area contributed by atoms with Crippen LogP contribution in [0.15, 0.2) is 6.20 Å². The standard InChI is InChI=1S/C15H27N5/c1-16-9-14(19-6-3-4-7-19)12-20-11-13-10-18(2)8-5-15(13)17-20/h11,14,16H,3-10,12H2,1-2H3. The minimum Gasteiger partial charge on any atom is -0.318 e. The molecule has 112 valence electrons. The fraction of sp³-hybridized carbons (Fsp3) is 0.800. The van der Waals surface area contributed by atoms with Crippen molar-refractivity contribution in [1.82, 2.24) is 24.9 Å². The summed E-state index contributed by atoms with van der Waals surface area (Å²) >= 11 is 0. The lowest BCUT2D eigenvalue weighted by Gasteiger charge is -2.27. The lowest BCUT2D eigenvalue weighted by atomic mass is 10.1. The van der Waals surface area contributed by atoms with Gasteiger partial charge in [0, 0.05) is 43.9 Å². The Labute approximate surface area is 121 Å². The van der Waals surface area contributed by atoms with Gasteiger partial charge in [-0.2, -0.15) is 5.10 Å². The smallest absolute Gasteiger partial charge is 0.0682 e. The van der Waals surface area contributed by atoms with Crippen LogP contribution in [0.2, 0.25) is 0 Å². The molecule has 2 aliphatic heterocycles. The van der Waals surface area contributed by atoms with Gasteiger partial charge in [-0.3, -0.25) is 9.58 Å². The van der Waals surface area contributed by atoms with Crippen molar-refractivity contribution < 1.29 is 0 Å². The number of nitrogens with zero attached hydrogens (tertiary/aromatic N) is 4. The summed E-state index contributed by atoms with van der Waals surface area (Å²) in [6.45, 7) is 6.74. The highest BCUT2D eigenvalue weighted by Crippen LogP contribution is 2.18. The summed E-state index contributed by atoms with van der Waals surface area (Å²) < 4.78 is 2.18. The Bertz CT molecular complexity index is 435. The molecule has 3 rings (SSSR count). The lowest BCUT2D eigenvalue weighted by Crippen LogP contribution is -2.42. The second kappa shape index (κ2) is 6.24. The molecule has 5 heteroatoms. The Morgan fingerprint density at radius 2 is 2.10 bits per heavy atom. The van der Waals surface area contributed by atoms with Gasteiger partial charge in [-0.05, 0) is 40.0 Å². The van der Waals surface area contributed by atoms with Gasteiger partial charge in [0.1, 0.15) is 0 Å². The van der Waals surface area contributed by atoms with Crippen LogP contribution < -0.4 is 5.32 Å². The van der Waals surface area contributed by atoms with E-state index in [0.29, 0.717) is 6.04 Å². The van der Waals surface area contributed by atoms with E-state index in [2.05, 4.69) is 33.0 Å². The Kier molecular flexibility index (Phi) is 4.38. The number of likely N-dealkylation sites (N-methyl/N-ethyl adjacent to an activating group) is 2. The van der Waals surface area contributed by atoms with Gasteiger partial charge >= 0.3 is 0 Å². The molecule has 1 aromatic heterocycles. The fourth-order valence-corrected chi connectivity index (χ4v) is 3.47. The first kappa shape index (κ1) is 14.0. The summed E-state index contributed by atoms with van der Waals surface area (Å²) in [6.07, 6.45) is 6.06. The van der Waals surface area contributed by atoms with Crippen molar-refractivity contribution in [3.63, 3.8) is 0 Å². The molecule has 0 bridgehead atoms. The van der Waals surface area contributed by atoms with E-state index in [9.17, 15) is 0 Å². The van der Waals surface area contributed by atoms with Gasteiger partial charge in [-0.25, -0.2) is 0 Å². The summed E-state index contributed by atoms with van der Waals surface area (Å²) in [5.41, 5.74) is 2.73. The van der Waals surface area contributed by atoms with Gasteiger partial charge in [0.15, 0.2) is 0 Å². The molecule has 20 heavy (non-hydrogen) atoms. The van der Waals surface area contributed by atoms with Crippen LogP contribution in [0.5, 0.6) is 0 Å². The maximum absolute atomic E-state index is 4.81. The molecule has 1 saturated heterocycles. The van der Waals surface area contributed by atoms with Gasteiger partial charge in [0.05, 0.1) is 12.2 Å². The quantitative estimate of drug-likeness (QED) is 0.853. The zero-order chi connectivity index (χ0) is 13.9. The highest BCUT2D eigenvalue weighted by molar-refractivity contribution is 5.19. The van der Waals surface area contributed by atoms with E-state index in [1.807, 2.05) is 7.05 Å². The number of fused-ring (bicyclic) bond motifs is 1. The van der Waals surface area contributed by atoms with Gasteiger partial charge in [-0.1, -0.05) is 0 Å². The third-order valence-corrected chi connectivity index (χ3v) is 4.59. The summed E-state index contributed by atoms with van der Waals surface area (Å²) in [5.74, 6) is 0. The molecule has 0 aromatic carbocycles. The first-order valence-electron chi connectivity index (χ1n) is 7.88. The molecule has 0 radical (unpaired) electrons. The molecular weight excluding hydrogens is 250 g/mol. The van der Waals surface area contributed by atoms with E-state index < -0.39 is 0 Å². The third kappa shape index (κ3) is 3.05. The second-order valence-corrected chi connectivity index (χ2v) is 6.27. The minimum atomic E-state index is 0.571. The average Bonchev–Trinajstić information content (AvgIpc) is 3.06. The molecule has 1 atom stereocenters. The Morgan fingerprint density at radius 1 is 1.30 bits per heavy atom. The number of rotatable bonds is 5. The molecule has 0 aliphatic carbocycles. The summed E-state index contributed by atoms with van der Waals surface area (Å²) in [5, 5.41) is 8.16. The van der Waals surface area contributed by atoms with E-state index in [4.69, 9.17) is 5.10 Å². The van der Waals surface area contributed by atoms with Gasteiger partial charge < -0.3 is 10.2 Å². The van der Waals surface area contributed by atoms with Gasteiger partial charge in [0.25, 0.3) is 0 Å². The average molecular weight is 277 g/mol. The van der Waals surface area contributed by atoms with Crippen LogP contribution in [0.4, 0.5) is 0 Å². The molecule has 2 aliphatic rings. The van der Waals surface area contributed by atoms with E-state index in [-0.39, 0.29) is 0 Å². The predicted molar refractivity (Wildman–Crippen MR) is 80.8 cm³/mol. The van der Waals surface area contributed by atoms with E-state index in [1.165, 1.54) is 37.2 Å². The van der Waals surface area contributed by atoms with Crippen molar-refractivity contribution in [3.8, 4) is 0 Å². The molecule has 0 spiro atoms. The van der Waals surface area contributed by atoms with Crippen molar-refractivity contribution in [1.29, 1.82) is 0 Å². The number of hydrogen-bond donors (Lipinski definition) is 1. The van der Waals surface area contributed by atoms with Crippen LogP contribution in [-0.4, -0.2) is 65.9 Å². The molecule has 1 unspecified atom stereocenters. The molecule has 1 N–H and O–H groups in total. The lowest BCUT2D eigenvalue weighted by molar-refractivity contribution is 0.210. The largest absolute Gasteiger partial charge is 0.318 e. The topological polar surface area (TPSA) is 36.3 Å². The number of hydrogen-bond acceptors (Lipinski definition) is 4. The van der Waals surface area contributed by atoms with Crippen molar-refractivity contribution in [2.75, 3.05) is 40.3 Å². The molecule has 3 heterocycles. The van der Waals surface area contributed by atoms with Crippen molar-refractivity contribution in [2.24, 2.45) is 0 Å². The van der Waals surface area contributed by atoms with E-state index >= 15 is 0 Å². The zero-order valence-corrected chi connectivity index (χ0v) is 12.8. The van der Waals surface area contributed by atoms with Crippen molar-refractivity contribution in [3.05, 3.63) is 17.5 Å². The van der Waals surface area contributed by atoms with E-state index in [1.54, 1.807) is 0 Å². The number of nitrogens with one attached hydrogen (secondary N) is 1. The highest BCUT2D eigenvalue weighted by Gasteiger charge is 2.23. The summed E-state index contributed by atoms with van der Waals surface area (Å²) in [4.78, 5) is 4.99. The summed E-state index contributed by atoms with van der Waals surface area (Å²) in [6, 6.07) is 0.571. The molecule has 0 amide bonds. The Hall–Kier alpha value is -0.910. The van der Waals surface area contributed by atoms with Gasteiger partial charge in [-0.15, -0.1) is 0 Å². The highest BCUT2D eigenvalue weighted by atomic mass is 15.3. The van der Waals surface area contributed by atoms with Crippen molar-refractivity contribution in [2.45, 2.75) is 38.4 Å². The number of aromatic nitrogens is 2. The second-order valence-electron chi connectivity index (χ2n) is 6.27. The first-order chi connectivity index (χ1) is 9.76. The fourth-order valence-electron chi connectivity index (χ4n) is 3.47. The van der Waals surface area contributed by atoms with Crippen molar-refractivity contribution >= 4 is 0 Å². The molecular formula is C15H27N5. The van der Waals surface area contributed by atoms with Crippen LogP contribution in [0.3, 0.4) is 0 Å². The Balaban J connectivity index is 1.68. The molecule has 1 fully saturated rings. The maximum Gasteiger partial charge on any atom is 0.0682 e. The SMILES string of the molecule is CNCC(Cn1cc2c(n1)CCN(C)C2)N1CCCC1. The van der Waals surface area contributed by atoms with Crippen LogP contribution in [0, 0.1) is 0 Å². The van der Waals surface area contributed by atoms with Crippen LogP contribution in [0.25, 0.3) is 0 Å². The van der Waals surface area contributed by atoms with Gasteiger partial charge in [0.2, 0.25) is 0 Å². The normalized spacial score (nSPS) is 22.1. The van der Waals surface area contributed by atoms with Crippen LogP contribution in [0.1, 0.15) is 24.1 Å². The zero-order valence-electron chi connectivity index (χ0n) is 12.8. The van der Waals surface area contributed by atoms with Crippen LogP contribution >= 0.6 is 0 Å². The van der Waals surface area contributed by atoms with E-state index in [0.717, 1.165) is 32.6 Å². The number of likely N-dealkylation sites (tertiary alicyclic amines) is 1. The van der Waals surface area contributed by atoms with Crippen LogP contribution in [-0.2, 0) is 19.5 Å². The Morgan fingerprint density at radius 3 is 2.85 bits per heavy atom. The molecule has 0 saturated carbocycles. The maximum atomic E-state index is 4.81. The molecule has 1 aromatic rings. The molecule has 5 nitrogen and oxygen atoms in total. The summed E-state index contributed by atoms with van der Waals surface area (Å²) in [7, 11) is 4.24. The monoisotopic (exact) mass is 277 g/mol. The first-order valence-corrected chi connectivity index (χ1v) is 7.88.